The molecule has 0 amide bonds. The van der Waals surface area contributed by atoms with Gasteiger partial charge in [-0.05, 0) is 146 Å². The van der Waals surface area contributed by atoms with Crippen molar-refractivity contribution in [2.24, 2.45) is 0 Å². The van der Waals surface area contributed by atoms with Gasteiger partial charge in [-0.1, -0.05) is 6.07 Å². The van der Waals surface area contributed by atoms with Gasteiger partial charge >= 0.3 is 0 Å². The molecule has 0 unspecified atom stereocenters. The molecule has 0 spiro atoms. The molecule has 7 aromatic heterocycles. The van der Waals surface area contributed by atoms with E-state index in [1.54, 1.807) is 6.20 Å². The molecule has 0 saturated carbocycles. The summed E-state index contributed by atoms with van der Waals surface area (Å²) in [7, 11) is 0. The average Bonchev–Trinajstić information content (AvgIpc) is 3.86. The second kappa shape index (κ2) is 16.8. The van der Waals surface area contributed by atoms with Crippen LogP contribution in [-0.4, -0.2) is 73.9 Å². The Hall–Kier alpha value is -9.62. The highest BCUT2D eigenvalue weighted by Gasteiger charge is 2.24. The lowest BCUT2D eigenvalue weighted by molar-refractivity contribution is 0.928. The Kier molecular flexibility index (Phi) is 10.2. The summed E-state index contributed by atoms with van der Waals surface area (Å²) >= 11 is 0. The number of hydrogen-bond acceptors (Lipinski definition) is 14. The molecular weight excluding hydrogens is 897 g/mol. The van der Waals surface area contributed by atoms with Gasteiger partial charge < -0.3 is 9.13 Å². The number of aryl methyl sites for hydroxylation is 8. The summed E-state index contributed by atoms with van der Waals surface area (Å²) in [5.74, 6) is 7.40. The Labute approximate surface area is 412 Å². The van der Waals surface area contributed by atoms with Crippen molar-refractivity contribution in [2.45, 2.75) is 55.4 Å². The normalized spacial score (nSPS) is 11.6. The third-order valence-corrected chi connectivity index (χ3v) is 12.7. The molecule has 72 heavy (non-hydrogen) atoms. The summed E-state index contributed by atoms with van der Waals surface area (Å²) in [6, 6.07) is 35.6. The summed E-state index contributed by atoms with van der Waals surface area (Å²) in [5.41, 5.74) is 10.5. The number of hydrogen-bond donors (Lipinski definition) is 0. The number of nitriles is 1. The van der Waals surface area contributed by atoms with Crippen LogP contribution in [0.15, 0.2) is 109 Å². The van der Waals surface area contributed by atoms with Crippen molar-refractivity contribution in [1.82, 2.24) is 73.9 Å². The summed E-state index contributed by atoms with van der Waals surface area (Å²) < 4.78 is 4.39. The van der Waals surface area contributed by atoms with E-state index < -0.39 is 0 Å². The molecule has 0 aliphatic rings. The predicted molar refractivity (Wildman–Crippen MR) is 276 cm³/mol. The smallest absolute Gasteiger partial charge is 0.163 e. The summed E-state index contributed by atoms with van der Waals surface area (Å²) in [6.07, 6.45) is 3.62. The Morgan fingerprint density at radius 2 is 0.694 bits per heavy atom. The molecule has 0 atom stereocenters. The van der Waals surface area contributed by atoms with Crippen LogP contribution in [0, 0.1) is 66.7 Å². The van der Waals surface area contributed by atoms with Crippen LogP contribution >= 0.6 is 0 Å². The number of fused-ring (bicyclic) bond motifs is 6. The van der Waals surface area contributed by atoms with Gasteiger partial charge in [-0.2, -0.15) is 5.26 Å². The molecular formula is C56H42N16. The molecule has 16 heteroatoms. The average molecular weight is 939 g/mol. The minimum absolute atomic E-state index is 0.451. The molecule has 0 aliphatic heterocycles. The molecule has 12 rings (SSSR count). The number of benzene rings is 5. The highest BCUT2D eigenvalue weighted by Crippen LogP contribution is 2.43. The molecule has 7 heterocycles. The summed E-state index contributed by atoms with van der Waals surface area (Å²) in [6.45, 7) is 15.0. The predicted octanol–water partition coefficient (Wildman–Crippen LogP) is 10.7. The zero-order chi connectivity index (χ0) is 49.5. The molecule has 0 aliphatic carbocycles. The second-order valence-corrected chi connectivity index (χ2v) is 17.9. The lowest BCUT2D eigenvalue weighted by Gasteiger charge is -2.19. The Morgan fingerprint density at radius 3 is 1.00 bits per heavy atom. The molecule has 5 aromatic carbocycles. The maximum Gasteiger partial charge on any atom is 0.163 e. The topological polar surface area (TPSA) is 201 Å². The van der Waals surface area contributed by atoms with Crippen molar-refractivity contribution in [3.8, 4) is 74.1 Å². The third-order valence-electron chi connectivity index (χ3n) is 12.7. The lowest BCUT2D eigenvalue weighted by Crippen LogP contribution is -2.04. The van der Waals surface area contributed by atoms with Gasteiger partial charge in [0.2, 0.25) is 0 Å². The molecule has 346 valence electrons. The van der Waals surface area contributed by atoms with Crippen LogP contribution in [0.5, 0.6) is 0 Å². The van der Waals surface area contributed by atoms with Crippen molar-refractivity contribution in [1.29, 1.82) is 5.26 Å². The van der Waals surface area contributed by atoms with Gasteiger partial charge in [0.1, 0.15) is 52.7 Å². The van der Waals surface area contributed by atoms with Crippen molar-refractivity contribution in [3.63, 3.8) is 0 Å². The molecule has 0 bridgehead atoms. The van der Waals surface area contributed by atoms with E-state index in [0.717, 1.165) is 82.7 Å². The SMILES string of the molecule is Cc1nc(C)nc(-c2ccc3c(c2)c2cc(-c4nc(C)nc(C)n4)ccc2n3-c2cc(-c3cccnc3)c(-n3c4ccc(-c5nc(C)nc(C)n5)cc4c4cc(-c5nc(C)nc(C)n5)ccc43)cc2C#N)n1. The minimum atomic E-state index is 0.451. The third kappa shape index (κ3) is 7.51. The van der Waals surface area contributed by atoms with Crippen LogP contribution in [0.1, 0.15) is 52.2 Å². The molecule has 0 N–H and O–H groups in total. The van der Waals surface area contributed by atoms with E-state index in [1.165, 1.54) is 0 Å². The fourth-order valence-electron chi connectivity index (χ4n) is 9.89. The lowest BCUT2D eigenvalue weighted by atomic mass is 10.00. The van der Waals surface area contributed by atoms with Gasteiger partial charge in [-0.3, -0.25) is 4.98 Å². The fraction of sp³-hybridized carbons (Fsp3) is 0.143. The zero-order valence-electron chi connectivity index (χ0n) is 40.5. The Morgan fingerprint density at radius 1 is 0.361 bits per heavy atom. The van der Waals surface area contributed by atoms with Crippen molar-refractivity contribution >= 4 is 43.6 Å². The highest BCUT2D eigenvalue weighted by atomic mass is 15.1. The standard InChI is InChI=1S/C56H42N16/c1-28-59-29(2)64-53(63-28)36-11-15-47-43(20-36)44-21-37(54-65-30(3)60-31(4)66-54)12-16-48(44)71(47)51-25-42(40-10-9-19-58-27-40)52(24-41(51)26-57)72-49-17-13-38(55-67-32(5)61-33(6)68-55)22-45(49)46-23-39(14-18-50(46)72)56-69-34(7)62-35(8)70-56/h9-25,27H,1-8H3. The van der Waals surface area contributed by atoms with Gasteiger partial charge in [0.15, 0.2) is 23.3 Å². The molecule has 16 nitrogen and oxygen atoms in total. The van der Waals surface area contributed by atoms with Crippen LogP contribution < -0.4 is 0 Å². The van der Waals surface area contributed by atoms with E-state index in [2.05, 4.69) is 94.7 Å². The van der Waals surface area contributed by atoms with E-state index in [1.807, 2.05) is 104 Å². The first kappa shape index (κ1) is 43.6. The molecule has 0 fully saturated rings. The fourth-order valence-corrected chi connectivity index (χ4v) is 9.89. The Balaban J connectivity index is 1.14. The van der Waals surface area contributed by atoms with E-state index in [-0.39, 0.29) is 0 Å². The number of nitrogens with zero attached hydrogens (tertiary/aromatic N) is 16. The van der Waals surface area contributed by atoms with Crippen LogP contribution in [-0.2, 0) is 0 Å². The van der Waals surface area contributed by atoms with E-state index in [9.17, 15) is 5.26 Å². The number of aromatic nitrogens is 15. The first-order valence-corrected chi connectivity index (χ1v) is 23.3. The van der Waals surface area contributed by atoms with Gasteiger partial charge in [0.05, 0.1) is 39.0 Å². The minimum Gasteiger partial charge on any atom is -0.309 e. The maximum absolute atomic E-state index is 11.4. The van der Waals surface area contributed by atoms with Crippen LogP contribution in [0.25, 0.3) is 112 Å². The quantitative estimate of drug-likeness (QED) is 0.146. The zero-order valence-corrected chi connectivity index (χ0v) is 40.5. The van der Waals surface area contributed by atoms with Crippen LogP contribution in [0.4, 0.5) is 0 Å². The van der Waals surface area contributed by atoms with Gasteiger partial charge in [-0.25, -0.2) is 59.8 Å². The van der Waals surface area contributed by atoms with Crippen LogP contribution in [0.3, 0.4) is 0 Å². The van der Waals surface area contributed by atoms with E-state index in [4.69, 9.17) is 39.9 Å². The molecule has 0 radical (unpaired) electrons. The van der Waals surface area contributed by atoms with Crippen molar-refractivity contribution < 1.29 is 0 Å². The molecule has 12 aromatic rings. The second-order valence-electron chi connectivity index (χ2n) is 17.9. The van der Waals surface area contributed by atoms with E-state index >= 15 is 0 Å². The monoisotopic (exact) mass is 938 g/mol. The number of pyridine rings is 1. The first-order valence-electron chi connectivity index (χ1n) is 23.3. The highest BCUT2D eigenvalue weighted by molar-refractivity contribution is 6.13. The van der Waals surface area contributed by atoms with Gasteiger partial charge in [0, 0.05) is 67.3 Å². The summed E-state index contributed by atoms with van der Waals surface area (Å²) in [4.78, 5) is 60.2. The number of rotatable bonds is 7. The van der Waals surface area contributed by atoms with Gasteiger partial charge in [0.25, 0.3) is 0 Å². The largest absolute Gasteiger partial charge is 0.309 e. The van der Waals surface area contributed by atoms with Gasteiger partial charge in [-0.15, -0.1) is 0 Å². The van der Waals surface area contributed by atoms with Crippen molar-refractivity contribution in [2.75, 3.05) is 0 Å². The molecule has 0 saturated heterocycles. The van der Waals surface area contributed by atoms with Crippen molar-refractivity contribution in [3.05, 3.63) is 162 Å². The Bertz CT molecular complexity index is 3980. The maximum atomic E-state index is 11.4. The first-order chi connectivity index (χ1) is 34.8. The van der Waals surface area contributed by atoms with Crippen LogP contribution in [0.2, 0.25) is 0 Å². The van der Waals surface area contributed by atoms with E-state index in [0.29, 0.717) is 81.1 Å². The summed E-state index contributed by atoms with van der Waals surface area (Å²) in [5, 5.41) is 15.2.